The number of fused-ring (bicyclic) bond motifs is 2. The number of carbonyl (C=O) groups is 2. The number of likely N-dealkylation sites (tertiary alicyclic amines) is 1. The first-order chi connectivity index (χ1) is 28.5. The first-order valence-corrected chi connectivity index (χ1v) is 20.7. The molecule has 0 spiro atoms. The lowest BCUT2D eigenvalue weighted by molar-refractivity contribution is -0.122. The first-order valence-electron chi connectivity index (χ1n) is 20.7. The third-order valence-corrected chi connectivity index (χ3v) is 11.4. The fourth-order valence-corrected chi connectivity index (χ4v) is 8.17. The number of urea groups is 1. The third-order valence-electron chi connectivity index (χ3n) is 11.4. The molecular weight excluding hydrogens is 754 g/mol. The standard InChI is InChI=1S/C43H54FN9O3.CH2O2/c1-29-10-7-8-21-51(29)42-48-47-39-18-15-33(28-52(39)42)56-37-17-16-36(34-13-5-6-14-35(34)37)45-41(54)46-40-27-38(43(2,3)4)49-53(40)31-11-9-12-32(26-31)55-25-24-50-22-19-30(44)20-23-50;2-1-3/h5-6,9,11-15,18,26-30,36-37H,7-8,10,16-17,19-25H2,1-4H3,(H2,45,46,54);1H,(H,2,3)/t29-,36-,37+;/m0./s1. The van der Waals surface area contributed by atoms with Gasteiger partial charge in [0, 0.05) is 49.8 Å². The third kappa shape index (κ3) is 9.95. The molecule has 5 heterocycles. The molecule has 15 heteroatoms. The maximum absolute atomic E-state index is 13.8. The van der Waals surface area contributed by atoms with Crippen LogP contribution >= 0.6 is 0 Å². The number of hydrogen-bond donors (Lipinski definition) is 3. The zero-order valence-electron chi connectivity index (χ0n) is 34.4. The van der Waals surface area contributed by atoms with Crippen LogP contribution in [0.1, 0.15) is 102 Å². The summed E-state index contributed by atoms with van der Waals surface area (Å²) in [5.41, 5.74) is 4.26. The summed E-state index contributed by atoms with van der Waals surface area (Å²) >= 11 is 0. The molecular formula is C44H56FN9O5. The van der Waals surface area contributed by atoms with Crippen LogP contribution in [0.15, 0.2) is 72.9 Å². The zero-order chi connectivity index (χ0) is 41.5. The van der Waals surface area contributed by atoms with Crippen LogP contribution in [0.4, 0.5) is 21.0 Å². The second-order valence-electron chi connectivity index (χ2n) is 16.6. The van der Waals surface area contributed by atoms with Gasteiger partial charge in [0.1, 0.15) is 36.2 Å². The molecule has 8 rings (SSSR count). The Kier molecular flexibility index (Phi) is 13.0. The Bertz CT molecular complexity index is 2190. The van der Waals surface area contributed by atoms with Gasteiger partial charge in [0.25, 0.3) is 6.47 Å². The predicted molar refractivity (Wildman–Crippen MR) is 225 cm³/mol. The molecule has 3 aliphatic rings. The quantitative estimate of drug-likeness (QED) is 0.119. The minimum absolute atomic E-state index is 0.175. The molecule has 2 amide bonds. The Labute approximate surface area is 344 Å². The molecule has 5 aromatic rings. The van der Waals surface area contributed by atoms with Crippen LogP contribution in [0.2, 0.25) is 0 Å². The fraction of sp³-hybridized carbons (Fsp3) is 0.477. The van der Waals surface area contributed by atoms with Crippen LogP contribution in [-0.2, 0) is 10.2 Å². The number of amides is 2. The molecule has 1 aliphatic carbocycles. The van der Waals surface area contributed by atoms with Gasteiger partial charge in [-0.1, -0.05) is 51.1 Å². The van der Waals surface area contributed by atoms with E-state index in [-0.39, 0.29) is 30.1 Å². The van der Waals surface area contributed by atoms with Crippen molar-refractivity contribution in [2.75, 3.05) is 43.0 Å². The summed E-state index contributed by atoms with van der Waals surface area (Å²) in [7, 11) is 0. The van der Waals surface area contributed by atoms with Gasteiger partial charge in [-0.25, -0.2) is 13.9 Å². The fourth-order valence-electron chi connectivity index (χ4n) is 8.17. The van der Waals surface area contributed by atoms with Gasteiger partial charge >= 0.3 is 6.03 Å². The van der Waals surface area contributed by atoms with Gasteiger partial charge < -0.3 is 24.8 Å². The van der Waals surface area contributed by atoms with Gasteiger partial charge in [-0.15, -0.1) is 10.2 Å². The van der Waals surface area contributed by atoms with E-state index in [4.69, 9.17) is 24.5 Å². The molecule has 2 fully saturated rings. The summed E-state index contributed by atoms with van der Waals surface area (Å²) in [6, 6.07) is 21.7. The number of halogens is 1. The molecule has 2 saturated heterocycles. The maximum Gasteiger partial charge on any atom is 0.320 e. The van der Waals surface area contributed by atoms with Gasteiger partial charge in [0.15, 0.2) is 5.65 Å². The predicted octanol–water partition coefficient (Wildman–Crippen LogP) is 7.88. The number of nitrogens with zero attached hydrogens (tertiary/aromatic N) is 7. The van der Waals surface area contributed by atoms with E-state index >= 15 is 0 Å². The molecule has 2 aliphatic heterocycles. The molecule has 2 aromatic carbocycles. The monoisotopic (exact) mass is 809 g/mol. The molecule has 314 valence electrons. The Balaban J connectivity index is 0.00000171. The van der Waals surface area contributed by atoms with Crippen molar-refractivity contribution in [1.29, 1.82) is 0 Å². The number of piperidine rings is 2. The molecule has 3 aromatic heterocycles. The van der Waals surface area contributed by atoms with Crippen LogP contribution in [0, 0.1) is 0 Å². The lowest BCUT2D eigenvalue weighted by atomic mass is 9.85. The van der Waals surface area contributed by atoms with Gasteiger partial charge in [0.05, 0.1) is 23.6 Å². The van der Waals surface area contributed by atoms with E-state index in [1.54, 1.807) is 4.68 Å². The molecule has 14 nitrogen and oxygen atoms in total. The highest BCUT2D eigenvalue weighted by atomic mass is 19.1. The molecule has 0 radical (unpaired) electrons. The summed E-state index contributed by atoms with van der Waals surface area (Å²) in [5, 5.41) is 27.2. The van der Waals surface area contributed by atoms with E-state index in [0.717, 1.165) is 85.3 Å². The smallest absolute Gasteiger partial charge is 0.320 e. The Morgan fingerprint density at radius 1 is 0.932 bits per heavy atom. The van der Waals surface area contributed by atoms with Crippen LogP contribution in [0.3, 0.4) is 0 Å². The highest BCUT2D eigenvalue weighted by Gasteiger charge is 2.31. The van der Waals surface area contributed by atoms with Crippen molar-refractivity contribution in [2.24, 2.45) is 0 Å². The number of carbonyl (C=O) groups excluding carboxylic acids is 1. The number of benzene rings is 2. The van der Waals surface area contributed by atoms with Crippen LogP contribution in [-0.4, -0.2) is 91.9 Å². The summed E-state index contributed by atoms with van der Waals surface area (Å²) in [6.07, 6.45) is 7.26. The van der Waals surface area contributed by atoms with Crippen molar-refractivity contribution in [1.82, 2.24) is 34.6 Å². The Morgan fingerprint density at radius 3 is 2.47 bits per heavy atom. The topological polar surface area (TPSA) is 151 Å². The lowest BCUT2D eigenvalue weighted by Gasteiger charge is -2.33. The highest BCUT2D eigenvalue weighted by molar-refractivity contribution is 5.89. The van der Waals surface area contributed by atoms with Crippen molar-refractivity contribution in [3.05, 3.63) is 89.7 Å². The van der Waals surface area contributed by atoms with Crippen LogP contribution in [0.5, 0.6) is 11.5 Å². The molecule has 0 saturated carbocycles. The Morgan fingerprint density at radius 2 is 1.71 bits per heavy atom. The minimum Gasteiger partial charge on any atom is -0.492 e. The van der Waals surface area contributed by atoms with Gasteiger partial charge in [-0.3, -0.25) is 19.4 Å². The van der Waals surface area contributed by atoms with E-state index < -0.39 is 6.17 Å². The average molecular weight is 810 g/mol. The molecule has 0 unspecified atom stereocenters. The number of rotatable bonds is 10. The molecule has 0 bridgehead atoms. The van der Waals surface area contributed by atoms with E-state index in [0.29, 0.717) is 43.5 Å². The highest BCUT2D eigenvalue weighted by Crippen LogP contribution is 2.39. The number of carboxylic acid groups (broad SMARTS) is 1. The van der Waals surface area contributed by atoms with E-state index in [9.17, 15) is 9.18 Å². The first kappa shape index (κ1) is 41.5. The summed E-state index contributed by atoms with van der Waals surface area (Å²) < 4.78 is 30.2. The second-order valence-corrected chi connectivity index (χ2v) is 16.6. The summed E-state index contributed by atoms with van der Waals surface area (Å²) in [6.45, 7) is 12.0. The molecule has 59 heavy (non-hydrogen) atoms. The zero-order valence-corrected chi connectivity index (χ0v) is 34.4. The lowest BCUT2D eigenvalue weighted by Crippen LogP contribution is -2.38. The summed E-state index contributed by atoms with van der Waals surface area (Å²) in [4.78, 5) is 26.8. The van der Waals surface area contributed by atoms with Crippen LogP contribution in [0.25, 0.3) is 11.3 Å². The average Bonchev–Trinajstić information content (AvgIpc) is 3.85. The normalized spacial score (nSPS) is 19.9. The second kappa shape index (κ2) is 18.5. The molecule has 3 atom stereocenters. The van der Waals surface area contributed by atoms with Crippen molar-refractivity contribution in [3.63, 3.8) is 0 Å². The minimum atomic E-state index is -0.692. The SMILES string of the molecule is C[C@H]1CCCCN1c1nnc2ccc(O[C@@H]3CC[C@H](NC(=O)Nc4cc(C(C)(C)C)nn4-c4cccc(OCCN5CCC(F)CC5)c4)c4ccccc43)cn12.O=CO. The van der Waals surface area contributed by atoms with Gasteiger partial charge in [-0.2, -0.15) is 5.10 Å². The number of hydrogen-bond acceptors (Lipinski definition) is 9. The van der Waals surface area contributed by atoms with Crippen molar-refractivity contribution >= 4 is 29.9 Å². The number of anilines is 2. The van der Waals surface area contributed by atoms with Gasteiger partial charge in [0.2, 0.25) is 5.95 Å². The molecule has 3 N–H and O–H groups in total. The van der Waals surface area contributed by atoms with Gasteiger partial charge in [-0.05, 0) is 87.3 Å². The Hall–Kier alpha value is -5.70. The maximum atomic E-state index is 13.8. The summed E-state index contributed by atoms with van der Waals surface area (Å²) in [5.74, 6) is 2.88. The number of nitrogens with one attached hydrogen (secondary N) is 2. The van der Waals surface area contributed by atoms with E-state index in [2.05, 4.69) is 70.5 Å². The number of aromatic nitrogens is 5. The van der Waals surface area contributed by atoms with Crippen molar-refractivity contribution in [2.45, 2.75) is 102 Å². The number of ether oxygens (including phenoxy) is 2. The van der Waals surface area contributed by atoms with Crippen LogP contribution < -0.4 is 25.0 Å². The van der Waals surface area contributed by atoms with Crippen molar-refractivity contribution < 1.29 is 28.6 Å². The largest absolute Gasteiger partial charge is 0.492 e. The van der Waals surface area contributed by atoms with E-state index in [1.165, 1.54) is 6.42 Å². The van der Waals surface area contributed by atoms with Crippen molar-refractivity contribution in [3.8, 4) is 17.2 Å². The number of pyridine rings is 1. The number of alkyl halides is 1. The van der Waals surface area contributed by atoms with E-state index in [1.807, 2.05) is 65.2 Å².